The van der Waals surface area contributed by atoms with E-state index in [2.05, 4.69) is 15.0 Å². The number of ether oxygens (including phenoxy) is 2. The van der Waals surface area contributed by atoms with Crippen molar-refractivity contribution in [3.05, 3.63) is 54.4 Å². The molecule has 1 aromatic heterocycles. The molecule has 2 aromatic rings. The second kappa shape index (κ2) is 7.90. The Labute approximate surface area is 132 Å². The molecule has 2 N–H and O–H groups in total. The molecule has 0 radical (unpaired) electrons. The second-order valence-electron chi connectivity index (χ2n) is 4.51. The van der Waals surface area contributed by atoms with Gasteiger partial charge in [0.1, 0.15) is 5.75 Å². The first-order valence-corrected chi connectivity index (χ1v) is 6.84. The summed E-state index contributed by atoms with van der Waals surface area (Å²) in [5.41, 5.74) is 0.0495. The molecule has 7 heteroatoms. The Bertz CT molecular complexity index is 675. The van der Waals surface area contributed by atoms with Crippen LogP contribution in [0.1, 0.15) is 10.5 Å². The number of rotatable bonds is 6. The first kappa shape index (κ1) is 16.4. The van der Waals surface area contributed by atoms with Crippen molar-refractivity contribution in [1.82, 2.24) is 10.3 Å². The van der Waals surface area contributed by atoms with E-state index in [1.165, 1.54) is 6.20 Å². The van der Waals surface area contributed by atoms with Gasteiger partial charge in [-0.3, -0.25) is 4.79 Å². The molecular weight excluding hydrogens is 300 g/mol. The topological polar surface area (TPSA) is 97.8 Å². The minimum Gasteiger partial charge on any atom is -0.467 e. The number of methoxy groups -OCH3 is 1. The van der Waals surface area contributed by atoms with Crippen molar-refractivity contribution in [2.24, 2.45) is 0 Å². The molecule has 0 saturated carbocycles. The quantitative estimate of drug-likeness (QED) is 0.776. The fraction of sp³-hybridized carbons (Fsp3) is 0.188. The van der Waals surface area contributed by atoms with Crippen molar-refractivity contribution in [1.29, 1.82) is 0 Å². The number of carbonyl (C=O) groups is 2. The lowest BCUT2D eigenvalue weighted by molar-refractivity contribution is -0.149. The number of hydrogen-bond donors (Lipinski definition) is 2. The van der Waals surface area contributed by atoms with Gasteiger partial charge in [0.25, 0.3) is 5.91 Å². The van der Waals surface area contributed by atoms with E-state index in [1.54, 1.807) is 36.4 Å². The molecule has 0 spiro atoms. The third-order valence-electron chi connectivity index (χ3n) is 2.89. The summed E-state index contributed by atoms with van der Waals surface area (Å²) < 4.78 is 10.0. The van der Waals surface area contributed by atoms with Gasteiger partial charge in [0, 0.05) is 6.20 Å². The molecule has 120 valence electrons. The molecule has 0 aliphatic heterocycles. The van der Waals surface area contributed by atoms with E-state index >= 15 is 0 Å². The van der Waals surface area contributed by atoms with E-state index < -0.39 is 18.0 Å². The van der Waals surface area contributed by atoms with Gasteiger partial charge >= 0.3 is 5.97 Å². The monoisotopic (exact) mass is 316 g/mol. The molecule has 0 saturated heterocycles. The lowest BCUT2D eigenvalue weighted by Gasteiger charge is -2.12. The van der Waals surface area contributed by atoms with Crippen molar-refractivity contribution in [3.8, 4) is 11.5 Å². The predicted octanol–water partition coefficient (Wildman–Crippen LogP) is 1.14. The van der Waals surface area contributed by atoms with Crippen LogP contribution in [0.2, 0.25) is 0 Å². The van der Waals surface area contributed by atoms with Crippen LogP contribution in [0.25, 0.3) is 0 Å². The number of amides is 1. The summed E-state index contributed by atoms with van der Waals surface area (Å²) in [4.78, 5) is 27.2. The predicted molar refractivity (Wildman–Crippen MR) is 81.1 cm³/mol. The number of nitrogens with zero attached hydrogens (tertiary/aromatic N) is 1. The first-order valence-electron chi connectivity index (χ1n) is 6.84. The minimum absolute atomic E-state index is 0.0495. The average Bonchev–Trinajstić information content (AvgIpc) is 2.60. The van der Waals surface area contributed by atoms with Crippen LogP contribution in [0.5, 0.6) is 11.5 Å². The lowest BCUT2D eigenvalue weighted by Crippen LogP contribution is -2.37. The van der Waals surface area contributed by atoms with Gasteiger partial charge in [-0.25, -0.2) is 9.78 Å². The van der Waals surface area contributed by atoms with Crippen molar-refractivity contribution in [2.45, 2.75) is 6.10 Å². The molecule has 1 unspecified atom stereocenters. The van der Waals surface area contributed by atoms with Gasteiger partial charge < -0.3 is 19.9 Å². The number of carbonyl (C=O) groups excluding carboxylic acids is 2. The van der Waals surface area contributed by atoms with Gasteiger partial charge in [0.2, 0.25) is 0 Å². The van der Waals surface area contributed by atoms with Crippen LogP contribution in [0.3, 0.4) is 0 Å². The highest BCUT2D eigenvalue weighted by atomic mass is 16.5. The molecule has 1 heterocycles. The third kappa shape index (κ3) is 4.52. The van der Waals surface area contributed by atoms with Crippen molar-refractivity contribution < 1.29 is 24.2 Å². The Morgan fingerprint density at radius 2 is 1.96 bits per heavy atom. The van der Waals surface area contributed by atoms with Crippen molar-refractivity contribution in [2.75, 3.05) is 13.7 Å². The number of aliphatic hydroxyl groups excluding tert-OH is 1. The fourth-order valence-corrected chi connectivity index (χ4v) is 1.75. The number of nitrogens with one attached hydrogen (secondary N) is 1. The van der Waals surface area contributed by atoms with Crippen LogP contribution >= 0.6 is 0 Å². The van der Waals surface area contributed by atoms with Gasteiger partial charge in [0.05, 0.1) is 13.7 Å². The maximum atomic E-state index is 12.2. The Balaban J connectivity index is 2.07. The summed E-state index contributed by atoms with van der Waals surface area (Å²) >= 11 is 0. The zero-order valence-corrected chi connectivity index (χ0v) is 12.4. The zero-order chi connectivity index (χ0) is 16.7. The van der Waals surface area contributed by atoms with Crippen LogP contribution < -0.4 is 10.1 Å². The van der Waals surface area contributed by atoms with E-state index in [0.29, 0.717) is 5.75 Å². The van der Waals surface area contributed by atoms with Gasteiger partial charge in [0.15, 0.2) is 17.5 Å². The van der Waals surface area contributed by atoms with Gasteiger partial charge in [-0.1, -0.05) is 18.2 Å². The Hall–Kier alpha value is -2.93. The molecule has 0 bridgehead atoms. The van der Waals surface area contributed by atoms with Crippen LogP contribution in [-0.4, -0.2) is 41.7 Å². The van der Waals surface area contributed by atoms with Crippen LogP contribution in [0.15, 0.2) is 48.7 Å². The largest absolute Gasteiger partial charge is 0.467 e. The summed E-state index contributed by atoms with van der Waals surface area (Å²) in [7, 11) is 1.15. The van der Waals surface area contributed by atoms with E-state index in [1.807, 2.05) is 6.07 Å². The zero-order valence-electron chi connectivity index (χ0n) is 12.4. The highest BCUT2D eigenvalue weighted by molar-refractivity contribution is 5.95. The van der Waals surface area contributed by atoms with E-state index in [9.17, 15) is 14.7 Å². The molecule has 2 rings (SSSR count). The van der Waals surface area contributed by atoms with E-state index in [4.69, 9.17) is 4.74 Å². The lowest BCUT2D eigenvalue weighted by atomic mass is 10.3. The third-order valence-corrected chi connectivity index (χ3v) is 2.89. The second-order valence-corrected chi connectivity index (χ2v) is 4.51. The molecule has 23 heavy (non-hydrogen) atoms. The first-order chi connectivity index (χ1) is 11.1. The van der Waals surface area contributed by atoms with Crippen molar-refractivity contribution in [3.63, 3.8) is 0 Å². The molecule has 0 aliphatic rings. The average molecular weight is 316 g/mol. The Morgan fingerprint density at radius 3 is 2.65 bits per heavy atom. The van der Waals surface area contributed by atoms with Crippen LogP contribution in [-0.2, 0) is 9.53 Å². The van der Waals surface area contributed by atoms with Crippen LogP contribution in [0, 0.1) is 0 Å². The summed E-state index contributed by atoms with van der Waals surface area (Å²) in [6, 6.07) is 12.2. The molecule has 1 aromatic carbocycles. The summed E-state index contributed by atoms with van der Waals surface area (Å²) in [5.74, 6) is -0.570. The number of aromatic nitrogens is 1. The van der Waals surface area contributed by atoms with E-state index in [0.717, 1.165) is 7.11 Å². The van der Waals surface area contributed by atoms with E-state index in [-0.39, 0.29) is 18.0 Å². The SMILES string of the molecule is COC(=O)C(O)CNC(=O)c1ncccc1Oc1ccccc1. The number of para-hydroxylation sites is 1. The highest BCUT2D eigenvalue weighted by Gasteiger charge is 2.19. The Kier molecular flexibility index (Phi) is 5.65. The molecule has 0 aliphatic carbocycles. The molecule has 7 nitrogen and oxygen atoms in total. The maximum absolute atomic E-state index is 12.2. The maximum Gasteiger partial charge on any atom is 0.336 e. The minimum atomic E-state index is -1.44. The standard InChI is InChI=1S/C16H16N2O5/c1-22-16(21)12(19)10-18-15(20)14-13(8-5-9-17-14)23-11-6-3-2-4-7-11/h2-9,12,19H,10H2,1H3,(H,18,20). The number of hydrogen-bond acceptors (Lipinski definition) is 6. The smallest absolute Gasteiger partial charge is 0.336 e. The number of esters is 1. The highest BCUT2D eigenvalue weighted by Crippen LogP contribution is 2.23. The van der Waals surface area contributed by atoms with Gasteiger partial charge in [-0.2, -0.15) is 0 Å². The van der Waals surface area contributed by atoms with Gasteiger partial charge in [-0.15, -0.1) is 0 Å². The molecule has 1 atom stereocenters. The molecule has 1 amide bonds. The fourth-order valence-electron chi connectivity index (χ4n) is 1.75. The van der Waals surface area contributed by atoms with Crippen molar-refractivity contribution >= 4 is 11.9 Å². The Morgan fingerprint density at radius 1 is 1.22 bits per heavy atom. The van der Waals surface area contributed by atoms with Crippen LogP contribution in [0.4, 0.5) is 0 Å². The summed E-state index contributed by atoms with van der Waals surface area (Å²) in [6.07, 6.45) is 0.00917. The number of pyridine rings is 1. The number of aliphatic hydroxyl groups is 1. The molecular formula is C16H16N2O5. The normalized spacial score (nSPS) is 11.4. The summed E-state index contributed by atoms with van der Waals surface area (Å²) in [5, 5.41) is 11.9. The van der Waals surface area contributed by atoms with Gasteiger partial charge in [-0.05, 0) is 24.3 Å². The molecule has 0 fully saturated rings. The summed E-state index contributed by atoms with van der Waals surface area (Å²) in [6.45, 7) is -0.285. The number of benzene rings is 1.